The molecule has 11 heteroatoms. The van der Waals surface area contributed by atoms with E-state index >= 15 is 0 Å². The number of aliphatic hydroxyl groups excluding tert-OH is 1. The average molecular weight is 568 g/mol. The summed E-state index contributed by atoms with van der Waals surface area (Å²) in [6.45, 7) is -0.414. The van der Waals surface area contributed by atoms with Crippen LogP contribution in [0.1, 0.15) is 43.6 Å². The van der Waals surface area contributed by atoms with Gasteiger partial charge in [-0.1, -0.05) is 24.3 Å². The molecule has 3 heterocycles. The van der Waals surface area contributed by atoms with Crippen molar-refractivity contribution < 1.29 is 33.8 Å². The Morgan fingerprint density at radius 1 is 0.973 bits per heavy atom. The number of imide groups is 1. The van der Waals surface area contributed by atoms with Crippen molar-refractivity contribution in [3.05, 3.63) is 93.0 Å². The molecule has 0 aliphatic carbocycles. The third-order valence-electron chi connectivity index (χ3n) is 6.49. The minimum Gasteiger partial charge on any atom is -0.481 e. The second kappa shape index (κ2) is 9.49. The number of nitrogens with zero attached hydrogens (tertiary/aromatic N) is 3. The molecule has 0 saturated carbocycles. The molecule has 188 valence electrons. The maximum absolute atomic E-state index is 13.3. The van der Waals surface area contributed by atoms with Crippen LogP contribution in [0.3, 0.4) is 0 Å². The number of fused-ring (bicyclic) bond motifs is 2. The number of amides is 3. The molecule has 2 aliphatic heterocycles. The van der Waals surface area contributed by atoms with E-state index in [1.807, 2.05) is 0 Å². The molecule has 0 bridgehead atoms. The molecular weight excluding hydrogens is 549 g/mol. The predicted octanol–water partition coefficient (Wildman–Crippen LogP) is 2.95. The second-order valence-electron chi connectivity index (χ2n) is 8.69. The van der Waals surface area contributed by atoms with Crippen molar-refractivity contribution in [3.63, 3.8) is 0 Å². The summed E-state index contributed by atoms with van der Waals surface area (Å²) in [6, 6.07) is 12.2. The smallest absolute Gasteiger partial charge is 0.319 e. The quantitative estimate of drug-likeness (QED) is 0.346. The minimum atomic E-state index is -1.81. The van der Waals surface area contributed by atoms with Crippen molar-refractivity contribution in [3.8, 4) is 0 Å². The fourth-order valence-electron chi connectivity index (χ4n) is 4.62. The standard InChI is InChI=1S/C26H19BrFN3O6/c27-19-14(11-13-5-7-15(28)8-6-13)12-29-20-21(19)30(25(35)18(22(20)32)26(36)37)9-10-31-23(33)16-3-1-2-4-17(16)24(31)34/h1-8,12,18,22,32H,9-11H2,(H,36,37). The highest BCUT2D eigenvalue weighted by atomic mass is 79.9. The van der Waals surface area contributed by atoms with E-state index < -0.39 is 35.7 Å². The lowest BCUT2D eigenvalue weighted by Crippen LogP contribution is -2.50. The Balaban J connectivity index is 1.50. The summed E-state index contributed by atoms with van der Waals surface area (Å²) in [7, 11) is 0. The number of benzene rings is 2. The van der Waals surface area contributed by atoms with Gasteiger partial charge in [0.1, 0.15) is 11.9 Å². The lowest BCUT2D eigenvalue weighted by molar-refractivity contribution is -0.151. The molecule has 2 atom stereocenters. The monoisotopic (exact) mass is 567 g/mol. The van der Waals surface area contributed by atoms with Gasteiger partial charge in [0.2, 0.25) is 5.91 Å². The van der Waals surface area contributed by atoms with Crippen molar-refractivity contribution in [1.82, 2.24) is 9.88 Å². The predicted molar refractivity (Wildman–Crippen MR) is 131 cm³/mol. The average Bonchev–Trinajstić information content (AvgIpc) is 3.11. The van der Waals surface area contributed by atoms with E-state index in [2.05, 4.69) is 20.9 Å². The molecule has 2 aromatic carbocycles. The van der Waals surface area contributed by atoms with Gasteiger partial charge in [-0.05, 0) is 51.3 Å². The van der Waals surface area contributed by atoms with E-state index in [0.29, 0.717) is 16.5 Å². The van der Waals surface area contributed by atoms with Crippen molar-refractivity contribution in [2.45, 2.75) is 12.5 Å². The van der Waals surface area contributed by atoms with Gasteiger partial charge in [0.15, 0.2) is 5.92 Å². The van der Waals surface area contributed by atoms with Crippen LogP contribution in [0.2, 0.25) is 0 Å². The van der Waals surface area contributed by atoms with E-state index in [1.54, 1.807) is 24.3 Å². The van der Waals surface area contributed by atoms with Gasteiger partial charge in [-0.2, -0.15) is 0 Å². The molecule has 2 N–H and O–H groups in total. The number of carbonyl (C=O) groups is 4. The Morgan fingerprint density at radius 3 is 2.16 bits per heavy atom. The van der Waals surface area contributed by atoms with E-state index in [1.165, 1.54) is 30.5 Å². The number of carbonyl (C=O) groups excluding carboxylic acids is 3. The molecule has 0 fully saturated rings. The Kier molecular flexibility index (Phi) is 6.34. The van der Waals surface area contributed by atoms with Gasteiger partial charge in [-0.3, -0.25) is 29.1 Å². The first-order valence-corrected chi connectivity index (χ1v) is 12.1. The number of aromatic nitrogens is 1. The lowest BCUT2D eigenvalue weighted by Gasteiger charge is -2.36. The van der Waals surface area contributed by atoms with E-state index in [0.717, 1.165) is 15.4 Å². The number of pyridine rings is 1. The van der Waals surface area contributed by atoms with Crippen LogP contribution >= 0.6 is 15.9 Å². The largest absolute Gasteiger partial charge is 0.481 e. The van der Waals surface area contributed by atoms with Crippen molar-refractivity contribution in [2.24, 2.45) is 5.92 Å². The first kappa shape index (κ1) is 24.7. The molecule has 3 aromatic rings. The van der Waals surface area contributed by atoms with Crippen molar-refractivity contribution in [1.29, 1.82) is 0 Å². The van der Waals surface area contributed by atoms with Crippen LogP contribution in [0, 0.1) is 11.7 Å². The van der Waals surface area contributed by atoms with Crippen LogP contribution < -0.4 is 4.90 Å². The van der Waals surface area contributed by atoms with E-state index in [9.17, 15) is 33.8 Å². The Labute approximate surface area is 218 Å². The highest BCUT2D eigenvalue weighted by molar-refractivity contribution is 9.10. The van der Waals surface area contributed by atoms with Crippen LogP contribution in [-0.4, -0.2) is 56.9 Å². The third-order valence-corrected chi connectivity index (χ3v) is 7.37. The summed E-state index contributed by atoms with van der Waals surface area (Å²) in [6.07, 6.45) is 0.0544. The lowest BCUT2D eigenvalue weighted by atomic mass is 9.91. The number of carboxylic acids is 1. The summed E-state index contributed by atoms with van der Waals surface area (Å²) in [5.41, 5.74) is 2.00. The van der Waals surface area contributed by atoms with Gasteiger partial charge in [0, 0.05) is 30.2 Å². The van der Waals surface area contributed by atoms with Gasteiger partial charge in [-0.15, -0.1) is 0 Å². The number of carboxylic acid groups (broad SMARTS) is 1. The minimum absolute atomic E-state index is 0.0240. The molecule has 2 aliphatic rings. The van der Waals surface area contributed by atoms with Crippen LogP contribution in [0.4, 0.5) is 10.1 Å². The van der Waals surface area contributed by atoms with Crippen molar-refractivity contribution in [2.75, 3.05) is 18.0 Å². The van der Waals surface area contributed by atoms with Gasteiger partial charge < -0.3 is 15.1 Å². The second-order valence-corrected chi connectivity index (χ2v) is 9.49. The number of halogens is 2. The van der Waals surface area contributed by atoms with Gasteiger partial charge >= 0.3 is 5.97 Å². The van der Waals surface area contributed by atoms with Gasteiger partial charge in [0.25, 0.3) is 11.8 Å². The number of hydrogen-bond acceptors (Lipinski definition) is 6. The number of rotatable bonds is 6. The van der Waals surface area contributed by atoms with Gasteiger partial charge in [-0.25, -0.2) is 4.39 Å². The zero-order valence-corrected chi connectivity index (χ0v) is 20.7. The fourth-order valence-corrected chi connectivity index (χ4v) is 5.28. The fraction of sp³-hybridized carbons (Fsp3) is 0.192. The molecule has 0 radical (unpaired) electrons. The maximum atomic E-state index is 13.3. The number of anilines is 1. The molecular formula is C26H19BrFN3O6. The summed E-state index contributed by atoms with van der Waals surface area (Å²) in [5.74, 6) is -5.64. The zero-order valence-electron chi connectivity index (χ0n) is 19.1. The summed E-state index contributed by atoms with van der Waals surface area (Å²) < 4.78 is 13.7. The summed E-state index contributed by atoms with van der Waals surface area (Å²) >= 11 is 3.48. The maximum Gasteiger partial charge on any atom is 0.319 e. The third kappa shape index (κ3) is 4.19. The number of aliphatic hydroxyl groups is 1. The van der Waals surface area contributed by atoms with Crippen LogP contribution in [0.25, 0.3) is 0 Å². The SMILES string of the molecule is O=C(O)C1C(=O)N(CCN2C(=O)c3ccccc3C2=O)c2c(ncc(Cc3ccc(F)cc3)c2Br)C1O. The van der Waals surface area contributed by atoms with E-state index in [4.69, 9.17) is 0 Å². The molecule has 0 saturated heterocycles. The normalized spacial score (nSPS) is 18.7. The highest BCUT2D eigenvalue weighted by Gasteiger charge is 2.47. The Hall–Kier alpha value is -3.96. The number of hydrogen-bond donors (Lipinski definition) is 2. The first-order chi connectivity index (χ1) is 17.7. The Morgan fingerprint density at radius 2 is 1.57 bits per heavy atom. The number of aliphatic carboxylic acids is 1. The molecule has 0 spiro atoms. The molecule has 3 amide bonds. The molecule has 5 rings (SSSR count). The topological polar surface area (TPSA) is 128 Å². The summed E-state index contributed by atoms with van der Waals surface area (Å²) in [4.78, 5) is 57.2. The first-order valence-electron chi connectivity index (χ1n) is 11.3. The highest BCUT2D eigenvalue weighted by Crippen LogP contribution is 2.43. The van der Waals surface area contributed by atoms with Crippen LogP contribution in [0.5, 0.6) is 0 Å². The zero-order chi connectivity index (χ0) is 26.4. The molecule has 37 heavy (non-hydrogen) atoms. The van der Waals surface area contributed by atoms with Crippen molar-refractivity contribution >= 4 is 45.3 Å². The van der Waals surface area contributed by atoms with E-state index in [-0.39, 0.29) is 41.4 Å². The Bertz CT molecular complexity index is 1430. The molecule has 9 nitrogen and oxygen atoms in total. The molecule has 2 unspecified atom stereocenters. The van der Waals surface area contributed by atoms with Crippen LogP contribution in [-0.2, 0) is 16.0 Å². The summed E-state index contributed by atoms with van der Waals surface area (Å²) in [5, 5.41) is 20.4. The van der Waals surface area contributed by atoms with Crippen LogP contribution in [0.15, 0.2) is 59.2 Å². The van der Waals surface area contributed by atoms with Gasteiger partial charge in [0.05, 0.1) is 22.5 Å². The molecule has 1 aromatic heterocycles.